The third-order valence-electron chi connectivity index (χ3n) is 4.24. The fraction of sp³-hybridized carbons (Fsp3) is 0.565. The molecule has 170 valence electrons. The largest absolute Gasteiger partial charge is 0.481 e. The Morgan fingerprint density at radius 1 is 1.00 bits per heavy atom. The number of allylic oxidation sites excluding steroid dienone is 7. The fourth-order valence-corrected chi connectivity index (χ4v) is 3.60. The van der Waals surface area contributed by atoms with E-state index < -0.39 is 24.1 Å². The molecule has 30 heavy (non-hydrogen) atoms. The van der Waals surface area contributed by atoms with Gasteiger partial charge in [-0.25, -0.2) is 0 Å². The van der Waals surface area contributed by atoms with Gasteiger partial charge < -0.3 is 21.1 Å². The summed E-state index contributed by atoms with van der Waals surface area (Å²) in [5.41, 5.74) is 5.54. The third kappa shape index (κ3) is 17.1. The zero-order valence-corrected chi connectivity index (χ0v) is 18.7. The maximum Gasteiger partial charge on any atom is 0.321 e. The quantitative estimate of drug-likeness (QED) is 0.143. The molecule has 0 radical (unpaired) electrons. The first-order valence-corrected chi connectivity index (χ1v) is 11.6. The van der Waals surface area contributed by atoms with E-state index in [1.807, 2.05) is 18.2 Å². The molecule has 0 aliphatic heterocycles. The first-order chi connectivity index (χ1) is 14.4. The normalized spacial score (nSPS) is 15.4. The van der Waals surface area contributed by atoms with Crippen LogP contribution in [-0.2, 0) is 9.59 Å². The van der Waals surface area contributed by atoms with E-state index in [2.05, 4.69) is 25.2 Å². The van der Waals surface area contributed by atoms with Gasteiger partial charge in [0, 0.05) is 17.4 Å². The molecule has 0 aromatic carbocycles. The first-order valence-electron chi connectivity index (χ1n) is 10.5. The number of carbonyl (C=O) groups is 2. The lowest BCUT2D eigenvalue weighted by Crippen LogP contribution is -2.34. The molecule has 0 aromatic rings. The molecule has 0 fully saturated rings. The van der Waals surface area contributed by atoms with Gasteiger partial charge in [0.05, 0.1) is 6.10 Å². The average molecular weight is 440 g/mol. The highest BCUT2D eigenvalue weighted by Crippen LogP contribution is 2.21. The van der Waals surface area contributed by atoms with Crippen LogP contribution in [0.2, 0.25) is 0 Å². The van der Waals surface area contributed by atoms with Crippen LogP contribution >= 0.6 is 11.8 Å². The van der Waals surface area contributed by atoms with Gasteiger partial charge in [0.25, 0.3) is 0 Å². The molecule has 0 aromatic heterocycles. The molecule has 3 atom stereocenters. The highest BCUT2D eigenvalue weighted by molar-refractivity contribution is 8.00. The van der Waals surface area contributed by atoms with Crippen molar-refractivity contribution in [2.24, 2.45) is 5.73 Å². The number of thioether (sulfide) groups is 1. The van der Waals surface area contributed by atoms with Crippen LogP contribution in [0.4, 0.5) is 0 Å². The lowest BCUT2D eigenvalue weighted by atomic mass is 10.1. The third-order valence-corrected chi connectivity index (χ3v) is 5.65. The molecule has 0 saturated heterocycles. The number of unbranched alkanes of at least 4 members (excludes halogenated alkanes) is 3. The lowest BCUT2D eigenvalue weighted by Gasteiger charge is -2.20. The highest BCUT2D eigenvalue weighted by atomic mass is 32.2. The molecule has 0 unspecified atom stereocenters. The van der Waals surface area contributed by atoms with Crippen molar-refractivity contribution in [3.05, 3.63) is 48.6 Å². The molecule has 0 rings (SSSR count). The van der Waals surface area contributed by atoms with Crippen molar-refractivity contribution in [2.75, 3.05) is 5.75 Å². The first kappa shape index (κ1) is 28.2. The highest BCUT2D eigenvalue weighted by Gasteiger charge is 2.20. The summed E-state index contributed by atoms with van der Waals surface area (Å²) in [5.74, 6) is -1.83. The average Bonchev–Trinajstić information content (AvgIpc) is 2.70. The molecule has 0 amide bonds. The van der Waals surface area contributed by atoms with Gasteiger partial charge in [-0.3, -0.25) is 9.59 Å². The number of nitrogens with two attached hydrogens (primary N) is 1. The van der Waals surface area contributed by atoms with Crippen molar-refractivity contribution >= 4 is 23.7 Å². The van der Waals surface area contributed by atoms with Crippen molar-refractivity contribution < 1.29 is 24.9 Å². The van der Waals surface area contributed by atoms with E-state index in [0.29, 0.717) is 12.8 Å². The summed E-state index contributed by atoms with van der Waals surface area (Å²) in [5, 5.41) is 27.6. The van der Waals surface area contributed by atoms with Crippen LogP contribution in [0.25, 0.3) is 0 Å². The van der Waals surface area contributed by atoms with Crippen LogP contribution in [0.3, 0.4) is 0 Å². The van der Waals surface area contributed by atoms with E-state index in [4.69, 9.17) is 15.9 Å². The van der Waals surface area contributed by atoms with E-state index in [-0.39, 0.29) is 17.4 Å². The SMILES string of the molecule is CCCCC/C=C/C/C=C/C=C/C=C\[C@@H](SC[C@H](N)C(=O)O)[C@@H](O)CCCC(=O)O. The summed E-state index contributed by atoms with van der Waals surface area (Å²) in [6.07, 6.45) is 21.3. The van der Waals surface area contributed by atoms with E-state index in [0.717, 1.165) is 12.8 Å². The Labute approximate surface area is 184 Å². The van der Waals surface area contributed by atoms with Crippen LogP contribution in [0.15, 0.2) is 48.6 Å². The second kappa shape index (κ2) is 19.2. The zero-order valence-electron chi connectivity index (χ0n) is 17.9. The minimum absolute atomic E-state index is 0.00938. The molecule has 0 aliphatic rings. The summed E-state index contributed by atoms with van der Waals surface area (Å²) < 4.78 is 0. The number of carboxylic acid groups (broad SMARTS) is 2. The minimum Gasteiger partial charge on any atom is -0.481 e. The Morgan fingerprint density at radius 3 is 2.40 bits per heavy atom. The minimum atomic E-state index is -1.09. The van der Waals surface area contributed by atoms with Crippen LogP contribution < -0.4 is 5.73 Å². The second-order valence-electron chi connectivity index (χ2n) is 7.00. The molecule has 6 nitrogen and oxygen atoms in total. The van der Waals surface area contributed by atoms with Crippen molar-refractivity contribution in [1.82, 2.24) is 0 Å². The number of hydrogen-bond donors (Lipinski definition) is 4. The Bertz CT molecular complexity index is 586. The Balaban J connectivity index is 4.51. The van der Waals surface area contributed by atoms with Crippen molar-refractivity contribution in [2.45, 2.75) is 75.7 Å². The monoisotopic (exact) mass is 439 g/mol. The molecular formula is C23H37NO5S. The molecule has 0 bridgehead atoms. The van der Waals surface area contributed by atoms with E-state index >= 15 is 0 Å². The van der Waals surface area contributed by atoms with Gasteiger partial charge in [-0.05, 0) is 32.1 Å². The molecular weight excluding hydrogens is 402 g/mol. The maximum atomic E-state index is 10.9. The summed E-state index contributed by atoms with van der Waals surface area (Å²) in [6, 6.07) is -1.01. The maximum absolute atomic E-state index is 10.9. The molecule has 0 heterocycles. The van der Waals surface area contributed by atoms with Gasteiger partial charge in [0.2, 0.25) is 0 Å². The summed E-state index contributed by atoms with van der Waals surface area (Å²) in [4.78, 5) is 21.5. The number of rotatable bonds is 18. The Hall–Kier alpha value is -1.83. The van der Waals surface area contributed by atoms with E-state index in [9.17, 15) is 14.7 Å². The molecule has 0 saturated carbocycles. The number of aliphatic hydroxyl groups excluding tert-OH is 1. The summed E-state index contributed by atoms with van der Waals surface area (Å²) in [7, 11) is 0. The summed E-state index contributed by atoms with van der Waals surface area (Å²) in [6.45, 7) is 2.19. The molecule has 5 N–H and O–H groups in total. The zero-order chi connectivity index (χ0) is 22.6. The van der Waals surface area contributed by atoms with Crippen molar-refractivity contribution in [1.29, 1.82) is 0 Å². The standard InChI is InChI=1S/C23H37NO5S/c1-2-3-4-5-6-7-8-9-10-11-12-13-16-21(30-18-19(24)23(28)29)20(25)15-14-17-22(26)27/h6-7,9-13,16,19-21,25H,2-5,8,14-15,17-18,24H2,1H3,(H,26,27)(H,28,29)/b7-6+,10-9+,12-11+,16-13-/t19-,20-,21+/m0/s1. The van der Waals surface area contributed by atoms with Gasteiger partial charge in [-0.15, -0.1) is 11.8 Å². The van der Waals surface area contributed by atoms with Gasteiger partial charge in [-0.2, -0.15) is 0 Å². The van der Waals surface area contributed by atoms with Crippen LogP contribution in [0, 0.1) is 0 Å². The number of aliphatic carboxylic acids is 2. The fourth-order valence-electron chi connectivity index (χ4n) is 2.47. The Morgan fingerprint density at radius 2 is 1.73 bits per heavy atom. The second-order valence-corrected chi connectivity index (χ2v) is 8.21. The topological polar surface area (TPSA) is 121 Å². The predicted octanol–water partition coefficient (Wildman–Crippen LogP) is 4.31. The van der Waals surface area contributed by atoms with Gasteiger partial charge in [0.15, 0.2) is 0 Å². The lowest BCUT2D eigenvalue weighted by molar-refractivity contribution is -0.138. The summed E-state index contributed by atoms with van der Waals surface area (Å²) >= 11 is 1.26. The molecule has 0 aliphatic carbocycles. The number of carboxylic acids is 2. The Kier molecular flexibility index (Phi) is 18.0. The van der Waals surface area contributed by atoms with E-state index in [1.165, 1.54) is 31.0 Å². The van der Waals surface area contributed by atoms with Gasteiger partial charge in [-0.1, -0.05) is 68.4 Å². The van der Waals surface area contributed by atoms with E-state index in [1.54, 1.807) is 12.2 Å². The van der Waals surface area contributed by atoms with Gasteiger partial charge >= 0.3 is 11.9 Å². The van der Waals surface area contributed by atoms with Crippen LogP contribution in [0.5, 0.6) is 0 Å². The predicted molar refractivity (Wildman–Crippen MR) is 125 cm³/mol. The van der Waals surface area contributed by atoms with Crippen molar-refractivity contribution in [3.8, 4) is 0 Å². The van der Waals surface area contributed by atoms with Crippen LogP contribution in [0.1, 0.15) is 58.3 Å². The van der Waals surface area contributed by atoms with Gasteiger partial charge in [0.1, 0.15) is 6.04 Å². The smallest absolute Gasteiger partial charge is 0.321 e. The van der Waals surface area contributed by atoms with Crippen LogP contribution in [-0.4, -0.2) is 50.4 Å². The number of aliphatic hydroxyl groups is 1. The molecule has 7 heteroatoms. The molecule has 0 spiro atoms. The number of hydrogen-bond acceptors (Lipinski definition) is 5. The van der Waals surface area contributed by atoms with Crippen molar-refractivity contribution in [3.63, 3.8) is 0 Å².